The lowest BCUT2D eigenvalue weighted by Gasteiger charge is -2.21. The molecule has 0 spiro atoms. The molecule has 1 aliphatic rings. The second-order valence-corrected chi connectivity index (χ2v) is 6.03. The Morgan fingerprint density at radius 3 is 2.82 bits per heavy atom. The molecule has 22 heavy (non-hydrogen) atoms. The molecule has 3 rings (SSSR count). The van der Waals surface area contributed by atoms with E-state index in [0.29, 0.717) is 0 Å². The Labute approximate surface area is 132 Å². The van der Waals surface area contributed by atoms with Gasteiger partial charge in [-0.1, -0.05) is 11.6 Å². The molecule has 0 unspecified atom stereocenters. The van der Waals surface area contributed by atoms with Crippen molar-refractivity contribution in [1.29, 1.82) is 0 Å². The van der Waals surface area contributed by atoms with Gasteiger partial charge in [0.05, 0.1) is 12.1 Å². The molecule has 4 nitrogen and oxygen atoms in total. The second kappa shape index (κ2) is 7.07. The molecule has 0 amide bonds. The standard InChI is InChI=1S/C18H25N3O/c1-14-5-6-17-15(11-14)12-16(13-19-7-10-22-2)18(20-17)21-8-3-4-9-21/h5-6,11-12,19H,3-4,7-10,13H2,1-2H3. The van der Waals surface area contributed by atoms with Crippen molar-refractivity contribution in [1.82, 2.24) is 10.3 Å². The number of pyridine rings is 1. The van der Waals surface area contributed by atoms with Gasteiger partial charge in [-0.2, -0.15) is 0 Å². The zero-order valence-electron chi connectivity index (χ0n) is 13.6. The third-order valence-corrected chi connectivity index (χ3v) is 4.23. The van der Waals surface area contributed by atoms with Crippen LogP contribution in [0.4, 0.5) is 5.82 Å². The van der Waals surface area contributed by atoms with Gasteiger partial charge in [-0.05, 0) is 38.0 Å². The highest BCUT2D eigenvalue weighted by atomic mass is 16.5. The second-order valence-electron chi connectivity index (χ2n) is 6.03. The number of nitrogens with one attached hydrogen (secondary N) is 1. The maximum absolute atomic E-state index is 5.11. The highest BCUT2D eigenvalue weighted by molar-refractivity contribution is 5.82. The summed E-state index contributed by atoms with van der Waals surface area (Å²) in [5.74, 6) is 1.15. The third kappa shape index (κ3) is 3.39. The Morgan fingerprint density at radius 2 is 2.05 bits per heavy atom. The molecule has 2 aromatic rings. The van der Waals surface area contributed by atoms with Crippen molar-refractivity contribution >= 4 is 16.7 Å². The predicted molar refractivity (Wildman–Crippen MR) is 91.5 cm³/mol. The first-order chi connectivity index (χ1) is 10.8. The summed E-state index contributed by atoms with van der Waals surface area (Å²) in [4.78, 5) is 7.38. The summed E-state index contributed by atoms with van der Waals surface area (Å²) in [5.41, 5.74) is 3.66. The van der Waals surface area contributed by atoms with Crippen LogP contribution in [0.2, 0.25) is 0 Å². The fourth-order valence-corrected chi connectivity index (χ4v) is 3.06. The van der Waals surface area contributed by atoms with Crippen molar-refractivity contribution < 1.29 is 4.74 Å². The van der Waals surface area contributed by atoms with E-state index in [0.717, 1.165) is 44.1 Å². The Balaban J connectivity index is 1.91. The van der Waals surface area contributed by atoms with Crippen molar-refractivity contribution in [3.05, 3.63) is 35.4 Å². The molecule has 118 valence electrons. The number of methoxy groups -OCH3 is 1. The summed E-state index contributed by atoms with van der Waals surface area (Å²) in [6.45, 7) is 6.81. The van der Waals surface area contributed by atoms with Crippen molar-refractivity contribution in [2.24, 2.45) is 0 Å². The first kappa shape index (κ1) is 15.3. The Kier molecular flexibility index (Phi) is 4.90. The van der Waals surface area contributed by atoms with Crippen LogP contribution in [0.25, 0.3) is 10.9 Å². The number of benzene rings is 1. The van der Waals surface area contributed by atoms with Crippen molar-refractivity contribution in [2.45, 2.75) is 26.3 Å². The number of hydrogen-bond donors (Lipinski definition) is 1. The first-order valence-corrected chi connectivity index (χ1v) is 8.13. The molecular weight excluding hydrogens is 274 g/mol. The molecule has 4 heteroatoms. The Bertz CT molecular complexity index is 636. The van der Waals surface area contributed by atoms with Crippen LogP contribution in [0.15, 0.2) is 24.3 Å². The number of rotatable bonds is 6. The number of aromatic nitrogens is 1. The maximum Gasteiger partial charge on any atom is 0.133 e. The summed E-state index contributed by atoms with van der Waals surface area (Å²) >= 11 is 0. The minimum absolute atomic E-state index is 0.735. The molecule has 1 aliphatic heterocycles. The highest BCUT2D eigenvalue weighted by Gasteiger charge is 2.18. The molecule has 0 aliphatic carbocycles. The van der Waals surface area contributed by atoms with Gasteiger partial charge in [-0.15, -0.1) is 0 Å². The largest absolute Gasteiger partial charge is 0.383 e. The van der Waals surface area contributed by atoms with E-state index < -0.39 is 0 Å². The van der Waals surface area contributed by atoms with E-state index in [9.17, 15) is 0 Å². The summed E-state index contributed by atoms with van der Waals surface area (Å²) in [5, 5.41) is 4.68. The number of nitrogens with zero attached hydrogens (tertiary/aromatic N) is 2. The molecule has 1 saturated heterocycles. The molecule has 0 radical (unpaired) electrons. The van der Waals surface area contributed by atoms with E-state index in [1.54, 1.807) is 7.11 Å². The minimum atomic E-state index is 0.735. The predicted octanol–water partition coefficient (Wildman–Crippen LogP) is 2.88. The molecule has 1 fully saturated rings. The van der Waals surface area contributed by atoms with E-state index in [4.69, 9.17) is 9.72 Å². The molecule has 0 atom stereocenters. The van der Waals surface area contributed by atoms with Gasteiger partial charge in [0.25, 0.3) is 0 Å². The zero-order chi connectivity index (χ0) is 15.4. The minimum Gasteiger partial charge on any atom is -0.383 e. The van der Waals surface area contributed by atoms with Gasteiger partial charge in [0.15, 0.2) is 0 Å². The van der Waals surface area contributed by atoms with Crippen LogP contribution in [-0.4, -0.2) is 38.3 Å². The Morgan fingerprint density at radius 1 is 1.23 bits per heavy atom. The van der Waals surface area contributed by atoms with Crippen LogP contribution >= 0.6 is 0 Å². The normalized spacial score (nSPS) is 14.9. The van der Waals surface area contributed by atoms with Gasteiger partial charge in [0, 0.05) is 44.2 Å². The fraction of sp³-hybridized carbons (Fsp3) is 0.500. The van der Waals surface area contributed by atoms with E-state index in [2.05, 4.69) is 41.4 Å². The number of hydrogen-bond acceptors (Lipinski definition) is 4. The zero-order valence-corrected chi connectivity index (χ0v) is 13.6. The SMILES string of the molecule is COCCNCc1cc2cc(C)ccc2nc1N1CCCC1. The van der Waals surface area contributed by atoms with Gasteiger partial charge < -0.3 is 15.0 Å². The molecule has 1 aromatic heterocycles. The molecule has 1 N–H and O–H groups in total. The van der Waals surface area contributed by atoms with Crippen molar-refractivity contribution in [2.75, 3.05) is 38.3 Å². The van der Waals surface area contributed by atoms with Gasteiger partial charge in [-0.25, -0.2) is 4.98 Å². The molecule has 2 heterocycles. The van der Waals surface area contributed by atoms with E-state index >= 15 is 0 Å². The summed E-state index contributed by atoms with van der Waals surface area (Å²) < 4.78 is 5.11. The van der Waals surface area contributed by atoms with Gasteiger partial charge >= 0.3 is 0 Å². The lowest BCUT2D eigenvalue weighted by atomic mass is 10.1. The van der Waals surface area contributed by atoms with Crippen molar-refractivity contribution in [3.63, 3.8) is 0 Å². The summed E-state index contributed by atoms with van der Waals surface area (Å²) in [6, 6.07) is 8.78. The number of aryl methyl sites for hydroxylation is 1. The van der Waals surface area contributed by atoms with Crippen LogP contribution in [0.3, 0.4) is 0 Å². The first-order valence-electron chi connectivity index (χ1n) is 8.13. The molecule has 0 bridgehead atoms. The number of anilines is 1. The van der Waals surface area contributed by atoms with Crippen LogP contribution < -0.4 is 10.2 Å². The average molecular weight is 299 g/mol. The van der Waals surface area contributed by atoms with Crippen LogP contribution in [-0.2, 0) is 11.3 Å². The summed E-state index contributed by atoms with van der Waals surface area (Å²) in [7, 11) is 1.73. The maximum atomic E-state index is 5.11. The number of ether oxygens (including phenoxy) is 1. The average Bonchev–Trinajstić information content (AvgIpc) is 3.05. The molecule has 1 aromatic carbocycles. The van der Waals surface area contributed by atoms with Gasteiger partial charge in [0.2, 0.25) is 0 Å². The van der Waals surface area contributed by atoms with Crippen LogP contribution in [0.5, 0.6) is 0 Å². The lowest BCUT2D eigenvalue weighted by Crippen LogP contribution is -2.24. The lowest BCUT2D eigenvalue weighted by molar-refractivity contribution is 0.199. The molecular formula is C18H25N3O. The third-order valence-electron chi connectivity index (χ3n) is 4.23. The van der Waals surface area contributed by atoms with Gasteiger partial charge in [0.1, 0.15) is 5.82 Å². The van der Waals surface area contributed by atoms with E-state index in [1.807, 2.05) is 0 Å². The summed E-state index contributed by atoms with van der Waals surface area (Å²) in [6.07, 6.45) is 2.54. The van der Waals surface area contributed by atoms with E-state index in [1.165, 1.54) is 29.4 Å². The smallest absolute Gasteiger partial charge is 0.133 e. The molecule has 0 saturated carbocycles. The van der Waals surface area contributed by atoms with Crippen molar-refractivity contribution in [3.8, 4) is 0 Å². The highest BCUT2D eigenvalue weighted by Crippen LogP contribution is 2.27. The van der Waals surface area contributed by atoms with Gasteiger partial charge in [-0.3, -0.25) is 0 Å². The van der Waals surface area contributed by atoms with E-state index in [-0.39, 0.29) is 0 Å². The monoisotopic (exact) mass is 299 g/mol. The quantitative estimate of drug-likeness (QED) is 0.832. The number of fused-ring (bicyclic) bond motifs is 1. The topological polar surface area (TPSA) is 37.4 Å². The Hall–Kier alpha value is -1.65. The van der Waals surface area contributed by atoms with Crippen LogP contribution in [0, 0.1) is 6.92 Å². The fourth-order valence-electron chi connectivity index (χ4n) is 3.06. The van der Waals surface area contributed by atoms with Crippen LogP contribution in [0.1, 0.15) is 24.0 Å².